The Bertz CT molecular complexity index is 1530. The number of fused-ring (bicyclic) bond motifs is 1. The van der Waals surface area contributed by atoms with Crippen molar-refractivity contribution >= 4 is 38.3 Å². The summed E-state index contributed by atoms with van der Waals surface area (Å²) in [5, 5.41) is 14.0. The number of alkyl halides is 1. The Morgan fingerprint density at radius 2 is 2.00 bits per heavy atom. The third-order valence-corrected chi connectivity index (χ3v) is 7.97. The number of aryl methyl sites for hydroxylation is 1. The lowest BCUT2D eigenvalue weighted by atomic mass is 10.1. The van der Waals surface area contributed by atoms with Gasteiger partial charge in [-0.25, -0.2) is 4.98 Å². The molecule has 212 valence electrons. The van der Waals surface area contributed by atoms with Gasteiger partial charge in [0.1, 0.15) is 17.1 Å². The van der Waals surface area contributed by atoms with E-state index in [0.29, 0.717) is 34.8 Å². The Morgan fingerprint density at radius 1 is 1.20 bits per heavy atom. The maximum Gasteiger partial charge on any atom is 0.261 e. The van der Waals surface area contributed by atoms with Crippen LogP contribution in [0.3, 0.4) is 0 Å². The number of anilines is 2. The first-order valence-electron chi connectivity index (χ1n) is 13.4. The van der Waals surface area contributed by atoms with Crippen molar-refractivity contribution in [2.24, 2.45) is 0 Å². The van der Waals surface area contributed by atoms with Crippen LogP contribution < -0.4 is 20.5 Å². The molecule has 0 spiro atoms. The highest BCUT2D eigenvalue weighted by Gasteiger charge is 2.20. The summed E-state index contributed by atoms with van der Waals surface area (Å²) in [7, 11) is 1.59. The fourth-order valence-corrected chi connectivity index (χ4v) is 5.72. The van der Waals surface area contributed by atoms with Crippen LogP contribution in [0.25, 0.3) is 22.4 Å². The number of pyridine rings is 1. The van der Waals surface area contributed by atoms with Gasteiger partial charge >= 0.3 is 0 Å². The molecule has 1 unspecified atom stereocenters. The molecule has 0 saturated carbocycles. The zero-order valence-corrected chi connectivity index (χ0v) is 24.2. The van der Waals surface area contributed by atoms with Crippen LogP contribution in [0.15, 0.2) is 51.9 Å². The molecular formula is C29H34BrFN6O3. The lowest BCUT2D eigenvalue weighted by Crippen LogP contribution is -2.46. The molecule has 2 aromatic heterocycles. The number of ether oxygens (including phenoxy) is 1. The number of aromatic amines is 2. The van der Waals surface area contributed by atoms with Gasteiger partial charge in [-0.3, -0.25) is 14.1 Å². The fourth-order valence-electron chi connectivity index (χ4n) is 5.16. The molecule has 0 radical (unpaired) electrons. The van der Waals surface area contributed by atoms with Gasteiger partial charge in [-0.2, -0.15) is 0 Å². The van der Waals surface area contributed by atoms with E-state index in [4.69, 9.17) is 9.72 Å². The van der Waals surface area contributed by atoms with Crippen LogP contribution in [0, 0.1) is 6.92 Å². The summed E-state index contributed by atoms with van der Waals surface area (Å²) < 4.78 is 18.6. The van der Waals surface area contributed by atoms with Crippen LogP contribution in [-0.2, 0) is 0 Å². The third-order valence-electron chi connectivity index (χ3n) is 7.35. The SMILES string of the molecule is COc1ccc(C(O)CNc2cc[nH]c(=O)c2-c2nc3c(C)cc(N4CCN(CCCF)CC4)cc3[nH]2)cc1Br. The van der Waals surface area contributed by atoms with Crippen LogP contribution in [0.5, 0.6) is 5.75 Å². The van der Waals surface area contributed by atoms with E-state index < -0.39 is 6.10 Å². The fraction of sp³-hybridized carbons (Fsp3) is 0.379. The number of benzene rings is 2. The number of halogens is 2. The van der Waals surface area contributed by atoms with Crippen LogP contribution in [-0.4, -0.2) is 78.0 Å². The first kappa shape index (κ1) is 28.1. The van der Waals surface area contributed by atoms with Gasteiger partial charge in [-0.1, -0.05) is 6.07 Å². The Morgan fingerprint density at radius 3 is 2.73 bits per heavy atom. The molecular weight excluding hydrogens is 579 g/mol. The van der Waals surface area contributed by atoms with E-state index in [2.05, 4.69) is 53.1 Å². The van der Waals surface area contributed by atoms with Crippen molar-refractivity contribution in [1.82, 2.24) is 19.9 Å². The smallest absolute Gasteiger partial charge is 0.261 e. The zero-order valence-electron chi connectivity index (χ0n) is 22.6. The maximum absolute atomic E-state index is 13.0. The number of nitrogens with one attached hydrogen (secondary N) is 3. The molecule has 0 amide bonds. The summed E-state index contributed by atoms with van der Waals surface area (Å²) in [5.41, 5.74) is 5.13. The number of imidazole rings is 1. The second-order valence-electron chi connectivity index (χ2n) is 10.0. The van der Waals surface area contributed by atoms with Crippen LogP contribution >= 0.6 is 15.9 Å². The predicted octanol–water partition coefficient (Wildman–Crippen LogP) is 4.62. The quantitative estimate of drug-likeness (QED) is 0.207. The highest BCUT2D eigenvalue weighted by molar-refractivity contribution is 9.10. The Kier molecular flexibility index (Phi) is 8.72. The van der Waals surface area contributed by atoms with Crippen LogP contribution in [0.4, 0.5) is 15.8 Å². The molecule has 9 nitrogen and oxygen atoms in total. The second kappa shape index (κ2) is 12.4. The summed E-state index contributed by atoms with van der Waals surface area (Å²) >= 11 is 3.46. The molecule has 1 aliphatic rings. The first-order valence-corrected chi connectivity index (χ1v) is 14.2. The van der Waals surface area contributed by atoms with E-state index in [0.717, 1.165) is 59.5 Å². The van der Waals surface area contributed by atoms with E-state index >= 15 is 0 Å². The number of nitrogens with zero attached hydrogens (tertiary/aromatic N) is 3. The predicted molar refractivity (Wildman–Crippen MR) is 160 cm³/mol. The van der Waals surface area contributed by atoms with Gasteiger partial charge in [0, 0.05) is 51.2 Å². The number of H-pyrrole nitrogens is 2. The van der Waals surface area contributed by atoms with Gasteiger partial charge in [0.05, 0.1) is 41.1 Å². The minimum absolute atomic E-state index is 0.190. The molecule has 1 aliphatic heterocycles. The van der Waals surface area contributed by atoms with Gasteiger partial charge in [-0.05, 0) is 70.7 Å². The number of aromatic nitrogens is 3. The molecule has 1 saturated heterocycles. The standard InChI is InChI=1S/C29H34BrFN6O3/c1-18-14-20(37-12-10-36(11-13-37)9-3-7-31)16-23-27(18)35-28(34-23)26-22(6-8-32-29(26)39)33-17-24(38)19-4-5-25(40-2)21(30)15-19/h4-6,8,14-16,24,38H,3,7,9-13,17H2,1-2H3,(H,34,35)(H2,32,33,39). The van der Waals surface area contributed by atoms with Crippen molar-refractivity contribution in [2.45, 2.75) is 19.4 Å². The number of aliphatic hydroxyl groups excluding tert-OH is 1. The third kappa shape index (κ3) is 6.01. The highest BCUT2D eigenvalue weighted by Crippen LogP contribution is 2.31. The van der Waals surface area contributed by atoms with E-state index in [1.54, 1.807) is 31.5 Å². The molecule has 40 heavy (non-hydrogen) atoms. The number of piperazine rings is 1. The molecule has 4 N–H and O–H groups in total. The lowest BCUT2D eigenvalue weighted by molar-refractivity contribution is 0.191. The van der Waals surface area contributed by atoms with E-state index in [9.17, 15) is 14.3 Å². The topological polar surface area (TPSA) is 110 Å². The van der Waals surface area contributed by atoms with E-state index in [-0.39, 0.29) is 18.8 Å². The maximum atomic E-state index is 13.0. The van der Waals surface area contributed by atoms with Gasteiger partial charge in [0.25, 0.3) is 5.56 Å². The molecule has 0 bridgehead atoms. The van der Waals surface area contributed by atoms with E-state index in [1.165, 1.54) is 0 Å². The molecule has 1 atom stereocenters. The van der Waals surface area contributed by atoms with Gasteiger partial charge in [0.2, 0.25) is 0 Å². The van der Waals surface area contributed by atoms with Crippen molar-refractivity contribution in [3.05, 3.63) is 68.5 Å². The summed E-state index contributed by atoms with van der Waals surface area (Å²) in [4.78, 5) is 28.5. The average molecular weight is 614 g/mol. The monoisotopic (exact) mass is 612 g/mol. The van der Waals surface area contributed by atoms with Crippen LogP contribution in [0.1, 0.15) is 23.7 Å². The van der Waals surface area contributed by atoms with Crippen molar-refractivity contribution < 1.29 is 14.2 Å². The minimum Gasteiger partial charge on any atom is -0.496 e. The molecule has 2 aromatic carbocycles. The van der Waals surface area contributed by atoms with Gasteiger partial charge in [-0.15, -0.1) is 0 Å². The Labute approximate surface area is 240 Å². The largest absolute Gasteiger partial charge is 0.496 e. The summed E-state index contributed by atoms with van der Waals surface area (Å²) in [6.07, 6.45) is 1.34. The van der Waals surface area contributed by atoms with E-state index in [1.807, 2.05) is 13.0 Å². The average Bonchev–Trinajstić information content (AvgIpc) is 3.39. The van der Waals surface area contributed by atoms with Crippen molar-refractivity contribution in [1.29, 1.82) is 0 Å². The Hall–Kier alpha value is -3.41. The lowest BCUT2D eigenvalue weighted by Gasteiger charge is -2.36. The summed E-state index contributed by atoms with van der Waals surface area (Å²) in [6.45, 7) is 6.28. The van der Waals surface area contributed by atoms with Crippen molar-refractivity contribution in [2.75, 3.05) is 63.3 Å². The number of hydrogen-bond acceptors (Lipinski definition) is 7. The molecule has 5 rings (SSSR count). The molecule has 0 aliphatic carbocycles. The number of rotatable bonds is 10. The van der Waals surface area contributed by atoms with Crippen molar-refractivity contribution in [3.63, 3.8) is 0 Å². The van der Waals surface area contributed by atoms with Crippen LogP contribution in [0.2, 0.25) is 0 Å². The van der Waals surface area contributed by atoms with Crippen molar-refractivity contribution in [3.8, 4) is 17.1 Å². The Balaban J connectivity index is 1.36. The first-order chi connectivity index (χ1) is 19.4. The molecule has 1 fully saturated rings. The van der Waals surface area contributed by atoms with Gasteiger partial charge < -0.3 is 30.0 Å². The second-order valence-corrected chi connectivity index (χ2v) is 10.9. The number of methoxy groups -OCH3 is 1. The summed E-state index contributed by atoms with van der Waals surface area (Å²) in [6, 6.07) is 11.4. The molecule has 4 aromatic rings. The molecule has 3 heterocycles. The normalized spacial score (nSPS) is 15.0. The number of aliphatic hydroxyl groups is 1. The number of hydrogen-bond donors (Lipinski definition) is 4. The highest BCUT2D eigenvalue weighted by atomic mass is 79.9. The zero-order chi connectivity index (χ0) is 28.2. The molecule has 11 heteroatoms. The summed E-state index contributed by atoms with van der Waals surface area (Å²) in [5.74, 6) is 1.14. The minimum atomic E-state index is -0.813. The van der Waals surface area contributed by atoms with Gasteiger partial charge in [0.15, 0.2) is 0 Å².